The molecule has 0 unspecified atom stereocenters. The molecule has 1 aliphatic heterocycles. The molecule has 0 fully saturated rings. The molecule has 2 amide bonds. The normalized spacial score (nSPS) is 13.9. The van der Waals surface area contributed by atoms with Crippen LogP contribution in [-0.4, -0.2) is 11.8 Å². The van der Waals surface area contributed by atoms with Crippen LogP contribution in [0.3, 0.4) is 0 Å². The quantitative estimate of drug-likeness (QED) is 0.509. The van der Waals surface area contributed by atoms with E-state index in [1.165, 1.54) is 0 Å². The molecule has 150 valence electrons. The molecule has 0 aromatic heterocycles. The minimum absolute atomic E-state index is 0.217. The molecule has 30 heavy (non-hydrogen) atoms. The van der Waals surface area contributed by atoms with E-state index in [-0.39, 0.29) is 11.3 Å². The van der Waals surface area contributed by atoms with Crippen molar-refractivity contribution in [3.05, 3.63) is 99.2 Å². The lowest BCUT2D eigenvalue weighted by Crippen LogP contribution is -2.32. The summed E-state index contributed by atoms with van der Waals surface area (Å²) >= 11 is 12.1. The maximum Gasteiger partial charge on any atom is 0.282 e. The maximum atomic E-state index is 13.4. The first-order chi connectivity index (χ1) is 14.3. The van der Waals surface area contributed by atoms with Crippen LogP contribution in [0, 0.1) is 13.8 Å². The Labute approximate surface area is 184 Å². The topological polar surface area (TPSA) is 49.4 Å². The number of hydrogen-bond acceptors (Lipinski definition) is 3. The van der Waals surface area contributed by atoms with Crippen molar-refractivity contribution in [2.45, 2.75) is 13.8 Å². The van der Waals surface area contributed by atoms with Crippen molar-refractivity contribution >= 4 is 52.0 Å². The van der Waals surface area contributed by atoms with Crippen LogP contribution in [0.15, 0.2) is 72.4 Å². The van der Waals surface area contributed by atoms with Crippen molar-refractivity contribution in [2.75, 3.05) is 10.2 Å². The summed E-state index contributed by atoms with van der Waals surface area (Å²) in [5, 5.41) is 4.19. The minimum Gasteiger partial charge on any atom is -0.350 e. The van der Waals surface area contributed by atoms with Gasteiger partial charge in [0.05, 0.1) is 11.3 Å². The number of halogens is 2. The van der Waals surface area contributed by atoms with E-state index in [0.717, 1.165) is 21.7 Å². The van der Waals surface area contributed by atoms with Gasteiger partial charge in [0.15, 0.2) is 0 Å². The molecular weight excluding hydrogens is 419 g/mol. The molecule has 0 saturated heterocycles. The third-order valence-corrected chi connectivity index (χ3v) is 5.41. The molecule has 1 heterocycles. The Bertz CT molecular complexity index is 1200. The molecule has 0 atom stereocenters. The molecule has 1 N–H and O–H groups in total. The molecule has 3 aromatic carbocycles. The lowest BCUT2D eigenvalue weighted by atomic mass is 10.0. The second kappa shape index (κ2) is 7.98. The van der Waals surface area contributed by atoms with Gasteiger partial charge in [-0.1, -0.05) is 59.1 Å². The van der Waals surface area contributed by atoms with Gasteiger partial charge in [-0.2, -0.15) is 0 Å². The maximum absolute atomic E-state index is 13.4. The molecule has 0 bridgehead atoms. The minimum atomic E-state index is -0.438. The van der Waals surface area contributed by atoms with Gasteiger partial charge in [0, 0.05) is 15.7 Å². The highest BCUT2D eigenvalue weighted by atomic mass is 35.5. The van der Waals surface area contributed by atoms with Crippen molar-refractivity contribution in [1.29, 1.82) is 0 Å². The molecule has 6 heteroatoms. The number of benzene rings is 3. The molecule has 1 aliphatic rings. The molecule has 0 saturated carbocycles. The van der Waals surface area contributed by atoms with Gasteiger partial charge < -0.3 is 5.32 Å². The molecule has 3 aromatic rings. The van der Waals surface area contributed by atoms with Crippen LogP contribution in [0.2, 0.25) is 10.0 Å². The van der Waals surface area contributed by atoms with Crippen LogP contribution >= 0.6 is 23.2 Å². The standard InChI is InChI=1S/C24H18Cl2N2O2/c1-14-6-11-20(15(2)12-14)27-22-21(16-7-9-17(25)10-8-16)23(29)28(24(22)30)19-5-3-4-18(26)13-19/h3-13,27H,1-2H3. The number of imide groups is 1. The molecule has 0 aliphatic carbocycles. The zero-order chi connectivity index (χ0) is 21.4. The van der Waals surface area contributed by atoms with Crippen molar-refractivity contribution in [1.82, 2.24) is 0 Å². The van der Waals surface area contributed by atoms with Gasteiger partial charge in [-0.3, -0.25) is 9.59 Å². The summed E-state index contributed by atoms with van der Waals surface area (Å²) in [5.41, 5.74) is 4.37. The zero-order valence-electron chi connectivity index (χ0n) is 16.4. The van der Waals surface area contributed by atoms with Crippen molar-refractivity contribution in [3.63, 3.8) is 0 Å². The Balaban J connectivity index is 1.84. The van der Waals surface area contributed by atoms with Gasteiger partial charge in [-0.25, -0.2) is 4.90 Å². The number of anilines is 2. The summed E-state index contributed by atoms with van der Waals surface area (Å²) in [6, 6.07) is 19.4. The highest BCUT2D eigenvalue weighted by Gasteiger charge is 2.40. The molecule has 0 radical (unpaired) electrons. The van der Waals surface area contributed by atoms with Gasteiger partial charge in [-0.05, 0) is 61.4 Å². The van der Waals surface area contributed by atoms with Crippen LogP contribution in [0.4, 0.5) is 11.4 Å². The van der Waals surface area contributed by atoms with Crippen LogP contribution < -0.4 is 10.2 Å². The fourth-order valence-electron chi connectivity index (χ4n) is 3.47. The number of rotatable bonds is 4. The summed E-state index contributed by atoms with van der Waals surface area (Å²) in [6.07, 6.45) is 0. The highest BCUT2D eigenvalue weighted by molar-refractivity contribution is 6.46. The predicted molar refractivity (Wildman–Crippen MR) is 122 cm³/mol. The van der Waals surface area contributed by atoms with Crippen LogP contribution in [-0.2, 0) is 9.59 Å². The van der Waals surface area contributed by atoms with E-state index in [9.17, 15) is 9.59 Å². The number of carbonyl (C=O) groups is 2. The fourth-order valence-corrected chi connectivity index (χ4v) is 3.78. The molecule has 4 nitrogen and oxygen atoms in total. The molecular formula is C24H18Cl2N2O2. The van der Waals surface area contributed by atoms with Gasteiger partial charge >= 0.3 is 0 Å². The molecule has 4 rings (SSSR count). The Morgan fingerprint density at radius 2 is 1.53 bits per heavy atom. The van der Waals surface area contributed by atoms with E-state index in [2.05, 4.69) is 5.32 Å². The van der Waals surface area contributed by atoms with E-state index >= 15 is 0 Å². The van der Waals surface area contributed by atoms with Gasteiger partial charge in [-0.15, -0.1) is 0 Å². The summed E-state index contributed by atoms with van der Waals surface area (Å²) in [4.78, 5) is 27.9. The number of amides is 2. The predicted octanol–water partition coefficient (Wildman–Crippen LogP) is 6.01. The SMILES string of the molecule is Cc1ccc(NC2=C(c3ccc(Cl)cc3)C(=O)N(c3cccc(Cl)c3)C2=O)c(C)c1. The third kappa shape index (κ3) is 3.72. The van der Waals surface area contributed by atoms with Crippen molar-refractivity contribution in [2.24, 2.45) is 0 Å². The summed E-state index contributed by atoms with van der Waals surface area (Å²) in [7, 11) is 0. The van der Waals surface area contributed by atoms with Crippen LogP contribution in [0.1, 0.15) is 16.7 Å². The van der Waals surface area contributed by atoms with E-state index in [0.29, 0.717) is 21.3 Å². The first kappa shape index (κ1) is 20.2. The largest absolute Gasteiger partial charge is 0.350 e. The second-order valence-corrected chi connectivity index (χ2v) is 8.00. The summed E-state index contributed by atoms with van der Waals surface area (Å²) in [6.45, 7) is 3.95. The highest BCUT2D eigenvalue weighted by Crippen LogP contribution is 2.35. The Hall–Kier alpha value is -3.08. The summed E-state index contributed by atoms with van der Waals surface area (Å²) < 4.78 is 0. The second-order valence-electron chi connectivity index (χ2n) is 7.13. The lowest BCUT2D eigenvalue weighted by molar-refractivity contribution is -0.120. The van der Waals surface area contributed by atoms with Crippen molar-refractivity contribution in [3.8, 4) is 0 Å². The smallest absolute Gasteiger partial charge is 0.282 e. The van der Waals surface area contributed by atoms with Gasteiger partial charge in [0.2, 0.25) is 0 Å². The number of aryl methyl sites for hydroxylation is 2. The molecule has 0 spiro atoms. The summed E-state index contributed by atoms with van der Waals surface area (Å²) in [5.74, 6) is -0.857. The van der Waals surface area contributed by atoms with Gasteiger partial charge in [0.25, 0.3) is 11.8 Å². The number of nitrogens with zero attached hydrogens (tertiary/aromatic N) is 1. The van der Waals surface area contributed by atoms with Crippen LogP contribution in [0.5, 0.6) is 0 Å². The van der Waals surface area contributed by atoms with E-state index in [4.69, 9.17) is 23.2 Å². The third-order valence-electron chi connectivity index (χ3n) is 4.92. The first-order valence-corrected chi connectivity index (χ1v) is 10.1. The van der Waals surface area contributed by atoms with Gasteiger partial charge in [0.1, 0.15) is 5.70 Å². The Kier molecular flexibility index (Phi) is 5.37. The van der Waals surface area contributed by atoms with E-state index in [1.54, 1.807) is 48.5 Å². The van der Waals surface area contributed by atoms with Crippen molar-refractivity contribution < 1.29 is 9.59 Å². The zero-order valence-corrected chi connectivity index (χ0v) is 17.9. The first-order valence-electron chi connectivity index (χ1n) is 9.34. The van der Waals surface area contributed by atoms with E-state index in [1.807, 2.05) is 32.0 Å². The monoisotopic (exact) mass is 436 g/mol. The number of carbonyl (C=O) groups excluding carboxylic acids is 2. The average Bonchev–Trinajstić information content (AvgIpc) is 2.94. The Morgan fingerprint density at radius 3 is 2.20 bits per heavy atom. The van der Waals surface area contributed by atoms with E-state index < -0.39 is 11.8 Å². The average molecular weight is 437 g/mol. The number of hydrogen-bond donors (Lipinski definition) is 1. The Morgan fingerprint density at radius 1 is 0.800 bits per heavy atom. The lowest BCUT2D eigenvalue weighted by Gasteiger charge is -2.16. The fraction of sp³-hybridized carbons (Fsp3) is 0.0833. The van der Waals surface area contributed by atoms with Crippen LogP contribution in [0.25, 0.3) is 5.57 Å². The number of nitrogens with one attached hydrogen (secondary N) is 1.